The maximum absolute atomic E-state index is 14.5. The van der Waals surface area contributed by atoms with Crippen LogP contribution in [0.25, 0.3) is 11.1 Å². The van der Waals surface area contributed by atoms with Crippen LogP contribution < -0.4 is 0 Å². The Balaban J connectivity index is 2.43. The lowest BCUT2D eigenvalue weighted by Crippen LogP contribution is -2.11. The molecular weight excluding hydrogens is 283 g/mol. The van der Waals surface area contributed by atoms with E-state index in [9.17, 15) is 14.0 Å². The van der Waals surface area contributed by atoms with Crippen molar-refractivity contribution in [2.24, 2.45) is 0 Å². The fourth-order valence-corrected chi connectivity index (χ4v) is 2.08. The summed E-state index contributed by atoms with van der Waals surface area (Å²) < 4.78 is 41.5. The summed E-state index contributed by atoms with van der Waals surface area (Å²) >= 11 is 0. The van der Waals surface area contributed by atoms with E-state index in [0.29, 0.717) is 11.1 Å². The summed E-state index contributed by atoms with van der Waals surface area (Å²) in [6.07, 6.45) is 0. The van der Waals surface area contributed by atoms with Crippen molar-refractivity contribution in [2.45, 2.75) is 19.7 Å². The largest absolute Gasteiger partial charge is 0.469 e. The fourth-order valence-electron chi connectivity index (χ4n) is 2.08. The molecular formula is C18H17FO3. The molecule has 114 valence electrons. The summed E-state index contributed by atoms with van der Waals surface area (Å²) in [5.74, 6) is -3.26. The van der Waals surface area contributed by atoms with Crippen LogP contribution >= 0.6 is 0 Å². The van der Waals surface area contributed by atoms with E-state index in [1.165, 1.54) is 19.1 Å². The predicted octanol–water partition coefficient (Wildman–Crippen LogP) is 3.97. The summed E-state index contributed by atoms with van der Waals surface area (Å²) in [6, 6.07) is 10.2. The van der Waals surface area contributed by atoms with Gasteiger partial charge >= 0.3 is 5.97 Å². The van der Waals surface area contributed by atoms with Crippen LogP contribution in [0, 0.1) is 5.82 Å². The van der Waals surface area contributed by atoms with Crippen LogP contribution in [0.15, 0.2) is 42.5 Å². The predicted molar refractivity (Wildman–Crippen MR) is 82.3 cm³/mol. The van der Waals surface area contributed by atoms with Gasteiger partial charge < -0.3 is 4.74 Å². The van der Waals surface area contributed by atoms with E-state index in [-0.39, 0.29) is 16.9 Å². The minimum atomic E-state index is -2.65. The molecule has 22 heavy (non-hydrogen) atoms. The first-order valence-corrected chi connectivity index (χ1v) is 6.64. The van der Waals surface area contributed by atoms with Gasteiger partial charge in [-0.2, -0.15) is 0 Å². The van der Waals surface area contributed by atoms with Gasteiger partial charge in [-0.25, -0.2) is 4.39 Å². The molecule has 0 spiro atoms. The van der Waals surface area contributed by atoms with Crippen LogP contribution in [0.2, 0.25) is 0 Å². The molecule has 0 aromatic heterocycles. The van der Waals surface area contributed by atoms with Gasteiger partial charge in [-0.1, -0.05) is 36.4 Å². The maximum atomic E-state index is 14.5. The fraction of sp³-hybridized carbons (Fsp3) is 0.222. The number of ether oxygens (including phenoxy) is 1. The monoisotopic (exact) mass is 303 g/mol. The van der Waals surface area contributed by atoms with Crippen LogP contribution in [-0.2, 0) is 9.53 Å². The van der Waals surface area contributed by atoms with Crippen LogP contribution in [0.4, 0.5) is 4.39 Å². The van der Waals surface area contributed by atoms with Crippen molar-refractivity contribution in [3.05, 3.63) is 59.4 Å². The number of ketones is 1. The molecule has 0 saturated heterocycles. The highest BCUT2D eigenvalue weighted by molar-refractivity contribution is 5.94. The average Bonchev–Trinajstić information content (AvgIpc) is 2.53. The highest BCUT2D eigenvalue weighted by atomic mass is 19.1. The Kier molecular flexibility index (Phi) is 3.58. The molecule has 2 aromatic rings. The van der Waals surface area contributed by atoms with Gasteiger partial charge in [0, 0.05) is 15.2 Å². The number of methoxy groups -OCH3 is 1. The third-order valence-electron chi connectivity index (χ3n) is 3.37. The molecule has 3 nitrogen and oxygen atoms in total. The van der Waals surface area contributed by atoms with Gasteiger partial charge in [-0.05, 0) is 31.0 Å². The molecule has 1 atom stereocenters. The van der Waals surface area contributed by atoms with Gasteiger partial charge in [0.25, 0.3) is 0 Å². The normalized spacial score (nSPS) is 14.4. The van der Waals surface area contributed by atoms with Crippen molar-refractivity contribution < 1.29 is 22.8 Å². The Hall–Kier alpha value is -2.49. The van der Waals surface area contributed by atoms with Gasteiger partial charge in [0.05, 0.1) is 13.0 Å². The Morgan fingerprint density at radius 3 is 2.36 bits per heavy atom. The number of halogens is 1. The second-order valence-electron chi connectivity index (χ2n) is 4.83. The number of esters is 1. The molecule has 0 N–H and O–H groups in total. The Labute approximate surface area is 132 Å². The molecule has 0 aliphatic carbocycles. The minimum absolute atomic E-state index is 0.0217. The third kappa shape index (κ3) is 3.22. The molecule has 0 fully saturated rings. The highest BCUT2D eigenvalue weighted by Crippen LogP contribution is 2.27. The number of hydrogen-bond acceptors (Lipinski definition) is 3. The van der Waals surface area contributed by atoms with E-state index in [4.69, 9.17) is 4.11 Å². The Bertz CT molecular complexity index is 798. The molecule has 0 aliphatic heterocycles. The van der Waals surface area contributed by atoms with Crippen molar-refractivity contribution in [1.82, 2.24) is 0 Å². The molecule has 0 aliphatic rings. The van der Waals surface area contributed by atoms with Crippen molar-refractivity contribution in [2.75, 3.05) is 7.11 Å². The van der Waals surface area contributed by atoms with E-state index in [1.54, 1.807) is 24.3 Å². The lowest BCUT2D eigenvalue weighted by atomic mass is 9.96. The van der Waals surface area contributed by atoms with Crippen LogP contribution in [0.3, 0.4) is 0 Å². The van der Waals surface area contributed by atoms with E-state index < -0.39 is 24.6 Å². The van der Waals surface area contributed by atoms with E-state index in [2.05, 4.69) is 4.74 Å². The standard InChI is InChI=1S/C18H17FO3/c1-11(18(21)22-3)15-8-9-16(17(19)10-15)14-6-4-13(5-7-14)12(2)20/h4-11H,1-3H3/i1D3. The van der Waals surface area contributed by atoms with Crippen molar-refractivity contribution in [1.29, 1.82) is 0 Å². The summed E-state index contributed by atoms with van der Waals surface area (Å²) in [7, 11) is 1.09. The topological polar surface area (TPSA) is 43.4 Å². The smallest absolute Gasteiger partial charge is 0.312 e. The summed E-state index contributed by atoms with van der Waals surface area (Å²) in [5, 5.41) is 0. The number of benzene rings is 2. The first-order chi connectivity index (χ1) is 11.6. The Morgan fingerprint density at radius 2 is 1.86 bits per heavy atom. The minimum Gasteiger partial charge on any atom is -0.469 e. The summed E-state index contributed by atoms with van der Waals surface area (Å²) in [5.41, 5.74) is 1.31. The first kappa shape index (κ1) is 12.1. The number of carbonyl (C=O) groups excluding carboxylic acids is 2. The van der Waals surface area contributed by atoms with Crippen LogP contribution in [-0.4, -0.2) is 18.9 Å². The number of carbonyl (C=O) groups is 2. The van der Waals surface area contributed by atoms with Crippen molar-refractivity contribution in [3.63, 3.8) is 0 Å². The second-order valence-corrected chi connectivity index (χ2v) is 4.83. The number of hydrogen-bond donors (Lipinski definition) is 0. The average molecular weight is 303 g/mol. The molecule has 2 rings (SSSR count). The molecule has 0 heterocycles. The van der Waals surface area contributed by atoms with E-state index in [1.807, 2.05) is 0 Å². The number of Topliss-reactive ketones (excluding diaryl/α,β-unsaturated/α-hetero) is 1. The zero-order valence-electron chi connectivity index (χ0n) is 15.2. The van der Waals surface area contributed by atoms with Crippen LogP contribution in [0.1, 0.15) is 39.7 Å². The maximum Gasteiger partial charge on any atom is 0.312 e. The lowest BCUT2D eigenvalue weighted by Gasteiger charge is -2.11. The van der Waals surface area contributed by atoms with Gasteiger partial charge in [-0.3, -0.25) is 9.59 Å². The van der Waals surface area contributed by atoms with Crippen molar-refractivity contribution in [3.8, 4) is 11.1 Å². The SMILES string of the molecule is [2H]C([2H])([2H])C(C(=O)OC)c1ccc(-c2ccc(C(C)=O)cc2)c(F)c1. The summed E-state index contributed by atoms with van der Waals surface area (Å²) in [4.78, 5) is 23.1. The zero-order valence-corrected chi connectivity index (χ0v) is 12.2. The van der Waals surface area contributed by atoms with E-state index >= 15 is 0 Å². The second kappa shape index (κ2) is 6.52. The van der Waals surface area contributed by atoms with Crippen molar-refractivity contribution >= 4 is 11.8 Å². The lowest BCUT2D eigenvalue weighted by molar-refractivity contribution is -0.141. The van der Waals surface area contributed by atoms with Crippen LogP contribution in [0.5, 0.6) is 0 Å². The van der Waals surface area contributed by atoms with Gasteiger partial charge in [-0.15, -0.1) is 0 Å². The first-order valence-electron chi connectivity index (χ1n) is 8.14. The van der Waals surface area contributed by atoms with Gasteiger partial charge in [0.1, 0.15) is 5.82 Å². The Morgan fingerprint density at radius 1 is 1.18 bits per heavy atom. The number of rotatable bonds is 4. The molecule has 1 unspecified atom stereocenters. The van der Waals surface area contributed by atoms with E-state index in [0.717, 1.165) is 13.2 Å². The molecule has 4 heteroatoms. The zero-order chi connectivity index (χ0) is 18.8. The highest BCUT2D eigenvalue weighted by Gasteiger charge is 2.17. The molecule has 2 aromatic carbocycles. The summed E-state index contributed by atoms with van der Waals surface area (Å²) in [6.45, 7) is -1.21. The third-order valence-corrected chi connectivity index (χ3v) is 3.37. The molecule has 0 radical (unpaired) electrons. The van der Waals surface area contributed by atoms with Gasteiger partial charge in [0.15, 0.2) is 5.78 Å². The van der Waals surface area contributed by atoms with Gasteiger partial charge in [0.2, 0.25) is 0 Å². The molecule has 0 amide bonds. The quantitative estimate of drug-likeness (QED) is 0.634. The molecule has 0 saturated carbocycles. The molecule has 0 bridgehead atoms.